The van der Waals surface area contributed by atoms with Gasteiger partial charge in [0, 0.05) is 17.9 Å². The molecule has 2 N–H and O–H groups in total. The molecule has 1 aromatic carbocycles. The maximum absolute atomic E-state index is 6.06. The smallest absolute Gasteiger partial charge is 0.129 e. The van der Waals surface area contributed by atoms with E-state index in [1.54, 1.807) is 6.07 Å². The van der Waals surface area contributed by atoms with E-state index in [-0.39, 0.29) is 0 Å². The van der Waals surface area contributed by atoms with Gasteiger partial charge in [-0.1, -0.05) is 23.7 Å². The lowest BCUT2D eigenvalue weighted by molar-refractivity contribution is 0.685. The number of fused-ring (bicyclic) bond motifs is 1. The van der Waals surface area contributed by atoms with Gasteiger partial charge in [0.05, 0.1) is 12.2 Å². The predicted octanol–water partition coefficient (Wildman–Crippen LogP) is 3.27. The molecule has 3 nitrogen and oxygen atoms in total. The van der Waals surface area contributed by atoms with Crippen LogP contribution in [0.25, 0.3) is 0 Å². The van der Waals surface area contributed by atoms with Crippen LogP contribution in [0.5, 0.6) is 0 Å². The lowest BCUT2D eigenvalue weighted by atomic mass is 10.00. The van der Waals surface area contributed by atoms with Crippen molar-refractivity contribution in [3.05, 3.63) is 52.8 Å². The fourth-order valence-electron chi connectivity index (χ4n) is 2.63. The van der Waals surface area contributed by atoms with Crippen molar-refractivity contribution in [2.45, 2.75) is 19.4 Å². The summed E-state index contributed by atoms with van der Waals surface area (Å²) in [6.07, 6.45) is 2.18. The van der Waals surface area contributed by atoms with Gasteiger partial charge in [0.2, 0.25) is 0 Å². The molecule has 98 valence electrons. The summed E-state index contributed by atoms with van der Waals surface area (Å²) in [5.74, 6) is 0. The van der Waals surface area contributed by atoms with Crippen molar-refractivity contribution >= 4 is 23.0 Å². The van der Waals surface area contributed by atoms with E-state index in [2.05, 4.69) is 16.0 Å². The molecule has 1 aliphatic heterocycles. The molecule has 4 heteroatoms. The van der Waals surface area contributed by atoms with Crippen LogP contribution in [0.4, 0.5) is 11.4 Å². The second-order valence-corrected chi connectivity index (χ2v) is 5.21. The molecule has 0 spiro atoms. The lowest BCUT2D eigenvalue weighted by Gasteiger charge is -2.31. The fourth-order valence-corrected chi connectivity index (χ4v) is 2.81. The van der Waals surface area contributed by atoms with E-state index < -0.39 is 0 Å². The van der Waals surface area contributed by atoms with Crippen molar-refractivity contribution in [2.24, 2.45) is 0 Å². The number of rotatable bonds is 2. The summed E-state index contributed by atoms with van der Waals surface area (Å²) in [5.41, 5.74) is 10.4. The standard InChI is InChI=1S/C15H16ClN3/c16-15-8-1-4-11(18-15)10-19-9-3-5-12-13(17)6-2-7-14(12)19/h1-2,4,6-8H,3,5,9-10,17H2. The Morgan fingerprint density at radius 1 is 1.21 bits per heavy atom. The Kier molecular flexibility index (Phi) is 3.30. The number of anilines is 2. The van der Waals surface area contributed by atoms with Gasteiger partial charge in [-0.2, -0.15) is 0 Å². The van der Waals surface area contributed by atoms with Gasteiger partial charge in [0.15, 0.2) is 0 Å². The first-order valence-electron chi connectivity index (χ1n) is 6.48. The second kappa shape index (κ2) is 5.10. The van der Waals surface area contributed by atoms with Crippen LogP contribution in [0.1, 0.15) is 17.7 Å². The second-order valence-electron chi connectivity index (χ2n) is 4.82. The number of nitrogens with zero attached hydrogens (tertiary/aromatic N) is 2. The third-order valence-electron chi connectivity index (χ3n) is 3.51. The average Bonchev–Trinajstić information content (AvgIpc) is 2.40. The Morgan fingerprint density at radius 3 is 2.89 bits per heavy atom. The van der Waals surface area contributed by atoms with Crippen LogP contribution >= 0.6 is 11.6 Å². The first kappa shape index (κ1) is 12.3. The number of benzene rings is 1. The van der Waals surface area contributed by atoms with Crippen molar-refractivity contribution in [2.75, 3.05) is 17.2 Å². The van der Waals surface area contributed by atoms with E-state index in [1.807, 2.05) is 24.3 Å². The predicted molar refractivity (Wildman–Crippen MR) is 79.5 cm³/mol. The summed E-state index contributed by atoms with van der Waals surface area (Å²) in [7, 11) is 0. The van der Waals surface area contributed by atoms with Crippen LogP contribution in [-0.2, 0) is 13.0 Å². The van der Waals surface area contributed by atoms with Gasteiger partial charge >= 0.3 is 0 Å². The normalized spacial score (nSPS) is 14.3. The number of nitrogens with two attached hydrogens (primary N) is 1. The minimum absolute atomic E-state index is 0.544. The van der Waals surface area contributed by atoms with Crippen molar-refractivity contribution in [3.63, 3.8) is 0 Å². The zero-order valence-electron chi connectivity index (χ0n) is 10.6. The van der Waals surface area contributed by atoms with E-state index in [0.29, 0.717) is 5.15 Å². The van der Waals surface area contributed by atoms with Gasteiger partial charge in [-0.25, -0.2) is 4.98 Å². The zero-order chi connectivity index (χ0) is 13.2. The molecule has 2 heterocycles. The number of hydrogen-bond donors (Lipinski definition) is 1. The summed E-state index contributed by atoms with van der Waals surface area (Å²) in [4.78, 5) is 6.68. The number of hydrogen-bond acceptors (Lipinski definition) is 3. The molecular formula is C15H16ClN3. The fraction of sp³-hybridized carbons (Fsp3) is 0.267. The summed E-state index contributed by atoms with van der Waals surface area (Å²) in [6, 6.07) is 11.9. The van der Waals surface area contributed by atoms with E-state index in [9.17, 15) is 0 Å². The molecule has 0 saturated heterocycles. The third-order valence-corrected chi connectivity index (χ3v) is 3.72. The first-order chi connectivity index (χ1) is 9.24. The highest BCUT2D eigenvalue weighted by molar-refractivity contribution is 6.29. The Hall–Kier alpha value is -1.74. The molecule has 19 heavy (non-hydrogen) atoms. The summed E-state index contributed by atoms with van der Waals surface area (Å²) >= 11 is 5.94. The summed E-state index contributed by atoms with van der Waals surface area (Å²) < 4.78 is 0. The van der Waals surface area contributed by atoms with E-state index in [0.717, 1.165) is 37.3 Å². The number of halogens is 1. The number of pyridine rings is 1. The topological polar surface area (TPSA) is 42.1 Å². The van der Waals surface area contributed by atoms with Crippen molar-refractivity contribution in [1.29, 1.82) is 0 Å². The Balaban J connectivity index is 1.90. The molecule has 1 aliphatic rings. The molecule has 3 rings (SSSR count). The van der Waals surface area contributed by atoms with E-state index in [1.165, 1.54) is 11.3 Å². The molecule has 0 bridgehead atoms. The van der Waals surface area contributed by atoms with Crippen molar-refractivity contribution < 1.29 is 0 Å². The van der Waals surface area contributed by atoms with Gasteiger partial charge in [-0.3, -0.25) is 0 Å². The Bertz CT molecular complexity index is 598. The maximum Gasteiger partial charge on any atom is 0.129 e. The molecule has 0 amide bonds. The van der Waals surface area contributed by atoms with Crippen molar-refractivity contribution in [3.8, 4) is 0 Å². The monoisotopic (exact) mass is 273 g/mol. The molecule has 1 aromatic heterocycles. The van der Waals surface area contributed by atoms with E-state index in [4.69, 9.17) is 17.3 Å². The maximum atomic E-state index is 6.06. The largest absolute Gasteiger partial charge is 0.398 e. The summed E-state index contributed by atoms with van der Waals surface area (Å²) in [6.45, 7) is 1.81. The van der Waals surface area contributed by atoms with E-state index >= 15 is 0 Å². The number of nitrogen functional groups attached to an aromatic ring is 1. The quantitative estimate of drug-likeness (QED) is 0.674. The highest BCUT2D eigenvalue weighted by atomic mass is 35.5. The molecule has 0 unspecified atom stereocenters. The Morgan fingerprint density at radius 2 is 2.05 bits per heavy atom. The molecule has 0 fully saturated rings. The molecule has 0 atom stereocenters. The van der Waals surface area contributed by atoms with Gasteiger partial charge in [-0.15, -0.1) is 0 Å². The zero-order valence-corrected chi connectivity index (χ0v) is 11.4. The van der Waals surface area contributed by atoms with Gasteiger partial charge in [-0.05, 0) is 42.7 Å². The van der Waals surface area contributed by atoms with Crippen LogP contribution in [-0.4, -0.2) is 11.5 Å². The van der Waals surface area contributed by atoms with Crippen LogP contribution in [0.2, 0.25) is 5.15 Å². The third kappa shape index (κ3) is 2.51. The van der Waals surface area contributed by atoms with Gasteiger partial charge in [0.1, 0.15) is 5.15 Å². The molecule has 0 saturated carbocycles. The average molecular weight is 274 g/mol. The minimum atomic E-state index is 0.544. The Labute approximate surface area is 118 Å². The minimum Gasteiger partial charge on any atom is -0.398 e. The van der Waals surface area contributed by atoms with Crippen LogP contribution in [0.3, 0.4) is 0 Å². The molecular weight excluding hydrogens is 258 g/mol. The van der Waals surface area contributed by atoms with Crippen LogP contribution in [0, 0.1) is 0 Å². The van der Waals surface area contributed by atoms with Crippen LogP contribution < -0.4 is 10.6 Å². The van der Waals surface area contributed by atoms with Gasteiger partial charge < -0.3 is 10.6 Å². The number of aromatic nitrogens is 1. The highest BCUT2D eigenvalue weighted by Crippen LogP contribution is 2.32. The SMILES string of the molecule is Nc1cccc2c1CCCN2Cc1cccc(Cl)n1. The lowest BCUT2D eigenvalue weighted by Crippen LogP contribution is -2.29. The molecule has 0 aliphatic carbocycles. The van der Waals surface area contributed by atoms with Crippen molar-refractivity contribution in [1.82, 2.24) is 4.98 Å². The van der Waals surface area contributed by atoms with Gasteiger partial charge in [0.25, 0.3) is 0 Å². The first-order valence-corrected chi connectivity index (χ1v) is 6.85. The highest BCUT2D eigenvalue weighted by Gasteiger charge is 2.18. The summed E-state index contributed by atoms with van der Waals surface area (Å²) in [5, 5.41) is 0.544. The van der Waals surface area contributed by atoms with Crippen LogP contribution in [0.15, 0.2) is 36.4 Å². The molecule has 0 radical (unpaired) electrons. The molecule has 2 aromatic rings.